The summed E-state index contributed by atoms with van der Waals surface area (Å²) in [7, 11) is 1.63. The second kappa shape index (κ2) is 5.45. The van der Waals surface area contributed by atoms with Gasteiger partial charge >= 0.3 is 6.18 Å². The van der Waals surface area contributed by atoms with E-state index in [9.17, 15) is 18.0 Å². The highest BCUT2D eigenvalue weighted by Crippen LogP contribution is 2.37. The molecule has 23 heavy (non-hydrogen) atoms. The third-order valence-electron chi connectivity index (χ3n) is 3.40. The second-order valence-electron chi connectivity index (χ2n) is 5.04. The van der Waals surface area contributed by atoms with E-state index in [0.29, 0.717) is 11.3 Å². The number of hydrogen-bond donors (Lipinski definition) is 0. The van der Waals surface area contributed by atoms with Gasteiger partial charge in [-0.25, -0.2) is 0 Å². The molecular weight excluding hydrogens is 331 g/mol. The lowest BCUT2D eigenvalue weighted by Crippen LogP contribution is -2.16. The van der Waals surface area contributed by atoms with Crippen molar-refractivity contribution in [2.75, 3.05) is 7.05 Å². The van der Waals surface area contributed by atoms with E-state index < -0.39 is 11.7 Å². The third-order valence-corrected chi connectivity index (χ3v) is 3.69. The zero-order valence-electron chi connectivity index (χ0n) is 11.8. The maximum absolute atomic E-state index is 12.6. The first kappa shape index (κ1) is 15.7. The lowest BCUT2D eigenvalue weighted by Gasteiger charge is -2.11. The van der Waals surface area contributed by atoms with Crippen molar-refractivity contribution < 1.29 is 22.7 Å². The van der Waals surface area contributed by atoms with Crippen molar-refractivity contribution >= 4 is 17.5 Å². The van der Waals surface area contributed by atoms with Crippen LogP contribution in [-0.4, -0.2) is 17.9 Å². The first-order valence-corrected chi connectivity index (χ1v) is 6.94. The van der Waals surface area contributed by atoms with Gasteiger partial charge in [-0.15, -0.1) is 0 Å². The number of carbonyl (C=O) groups is 1. The van der Waals surface area contributed by atoms with E-state index in [1.807, 2.05) is 0 Å². The van der Waals surface area contributed by atoms with Gasteiger partial charge in [0.05, 0.1) is 17.1 Å². The van der Waals surface area contributed by atoms with Crippen molar-refractivity contribution in [3.63, 3.8) is 0 Å². The Morgan fingerprint density at radius 2 is 1.87 bits per heavy atom. The molecule has 1 aliphatic heterocycles. The average Bonchev–Trinajstić information content (AvgIpc) is 2.75. The molecule has 1 amide bonds. The lowest BCUT2D eigenvalue weighted by atomic mass is 10.1. The predicted molar refractivity (Wildman–Crippen MR) is 78.5 cm³/mol. The number of hydrogen-bond acceptors (Lipinski definition) is 2. The van der Waals surface area contributed by atoms with Gasteiger partial charge in [0.15, 0.2) is 0 Å². The van der Waals surface area contributed by atoms with Gasteiger partial charge in [0.2, 0.25) is 0 Å². The van der Waals surface area contributed by atoms with Gasteiger partial charge in [0, 0.05) is 12.6 Å². The van der Waals surface area contributed by atoms with E-state index in [2.05, 4.69) is 0 Å². The fraction of sp³-hybridized carbons (Fsp3) is 0.125. The number of carbonyl (C=O) groups excluding carboxylic acids is 1. The van der Waals surface area contributed by atoms with Crippen LogP contribution in [0.2, 0.25) is 5.02 Å². The molecule has 0 aromatic heterocycles. The third kappa shape index (κ3) is 2.99. The minimum absolute atomic E-state index is 0.0856. The molecule has 1 aliphatic rings. The van der Waals surface area contributed by atoms with Gasteiger partial charge in [-0.05, 0) is 35.9 Å². The largest absolute Gasteiger partial charge is 0.456 e. The summed E-state index contributed by atoms with van der Waals surface area (Å²) in [5.74, 6) is 0.230. The fourth-order valence-corrected chi connectivity index (χ4v) is 2.46. The molecule has 7 heteroatoms. The van der Waals surface area contributed by atoms with Gasteiger partial charge in [0.25, 0.3) is 5.91 Å². The van der Waals surface area contributed by atoms with E-state index in [4.69, 9.17) is 16.3 Å². The molecule has 1 radical (unpaired) electrons. The summed E-state index contributed by atoms with van der Waals surface area (Å²) < 4.78 is 43.3. The van der Waals surface area contributed by atoms with Crippen molar-refractivity contribution in [1.29, 1.82) is 0 Å². The number of halogens is 4. The number of fused-ring (bicyclic) bond motifs is 1. The Morgan fingerprint density at radius 3 is 2.52 bits per heavy atom. The molecule has 1 heterocycles. The quantitative estimate of drug-likeness (QED) is 0.789. The van der Waals surface area contributed by atoms with Crippen LogP contribution >= 0.6 is 11.6 Å². The summed E-state index contributed by atoms with van der Waals surface area (Å²) in [5, 5.41) is -0.157. The molecular formula is C16H10ClF3NO2. The standard InChI is InChI=1S/C16H10ClF3NO2/c1-21-8-9-2-4-11(7-12(9)15(21)22)23-14-5-3-10(6-13(14)17)16(18,19)20/h2-8H,1H3. The van der Waals surface area contributed by atoms with E-state index in [1.54, 1.807) is 25.7 Å². The summed E-state index contributed by atoms with van der Waals surface area (Å²) in [6.07, 6.45) is -4.47. The predicted octanol–water partition coefficient (Wildman–Crippen LogP) is 4.75. The van der Waals surface area contributed by atoms with Crippen LogP contribution in [0.25, 0.3) is 0 Å². The Kier molecular flexibility index (Phi) is 3.72. The number of amides is 1. The first-order chi connectivity index (χ1) is 10.8. The number of ether oxygens (including phenoxy) is 1. The number of benzene rings is 2. The van der Waals surface area contributed by atoms with Gasteiger partial charge in [-0.1, -0.05) is 17.7 Å². The maximum Gasteiger partial charge on any atom is 0.416 e. The van der Waals surface area contributed by atoms with Crippen molar-refractivity contribution in [2.45, 2.75) is 6.18 Å². The summed E-state index contributed by atoms with van der Waals surface area (Å²) in [4.78, 5) is 13.4. The molecule has 0 saturated carbocycles. The van der Waals surface area contributed by atoms with Crippen LogP contribution in [0.5, 0.6) is 11.5 Å². The fourth-order valence-electron chi connectivity index (χ4n) is 2.24. The van der Waals surface area contributed by atoms with Crippen molar-refractivity contribution in [2.24, 2.45) is 0 Å². The highest BCUT2D eigenvalue weighted by Gasteiger charge is 2.31. The molecule has 2 aromatic carbocycles. The normalized spacial score (nSPS) is 14.1. The smallest absolute Gasteiger partial charge is 0.416 e. The minimum atomic E-state index is -4.47. The SMILES string of the molecule is CN1[CH]c2ccc(Oc3ccc(C(F)(F)F)cc3Cl)cc2C1=O. The number of alkyl halides is 3. The Bertz CT molecular complexity index is 789. The molecule has 0 atom stereocenters. The molecule has 0 bridgehead atoms. The van der Waals surface area contributed by atoms with Gasteiger partial charge in [0.1, 0.15) is 11.5 Å². The minimum Gasteiger partial charge on any atom is -0.456 e. The van der Waals surface area contributed by atoms with Crippen molar-refractivity contribution in [1.82, 2.24) is 4.90 Å². The highest BCUT2D eigenvalue weighted by molar-refractivity contribution is 6.32. The van der Waals surface area contributed by atoms with E-state index >= 15 is 0 Å². The summed E-state index contributed by atoms with van der Waals surface area (Å²) in [6, 6.07) is 7.70. The molecule has 3 nitrogen and oxygen atoms in total. The monoisotopic (exact) mass is 340 g/mol. The molecule has 0 saturated heterocycles. The van der Waals surface area contributed by atoms with Gasteiger partial charge in [-0.2, -0.15) is 13.2 Å². The molecule has 0 aliphatic carbocycles. The Labute approximate surface area is 135 Å². The van der Waals surface area contributed by atoms with Gasteiger partial charge in [-0.3, -0.25) is 4.79 Å². The first-order valence-electron chi connectivity index (χ1n) is 6.56. The van der Waals surface area contributed by atoms with Crippen LogP contribution in [0, 0.1) is 6.54 Å². The number of rotatable bonds is 2. The molecule has 0 fully saturated rings. The maximum atomic E-state index is 12.6. The van der Waals surface area contributed by atoms with E-state index in [1.165, 1.54) is 11.0 Å². The van der Waals surface area contributed by atoms with Crippen LogP contribution < -0.4 is 4.74 Å². The lowest BCUT2D eigenvalue weighted by molar-refractivity contribution is -0.137. The van der Waals surface area contributed by atoms with Crippen LogP contribution in [0.3, 0.4) is 0 Å². The number of nitrogens with zero attached hydrogens (tertiary/aromatic N) is 1. The molecule has 119 valence electrons. The van der Waals surface area contributed by atoms with Gasteiger partial charge < -0.3 is 9.64 Å². The topological polar surface area (TPSA) is 29.5 Å². The van der Waals surface area contributed by atoms with Crippen LogP contribution in [0.1, 0.15) is 21.5 Å². The molecule has 0 unspecified atom stereocenters. The summed E-state index contributed by atoms with van der Waals surface area (Å²) in [5.41, 5.74) is 0.367. The molecule has 0 N–H and O–H groups in total. The zero-order chi connectivity index (χ0) is 16.8. The van der Waals surface area contributed by atoms with Crippen molar-refractivity contribution in [3.05, 3.63) is 64.7 Å². The molecule has 0 spiro atoms. The Morgan fingerprint density at radius 1 is 1.13 bits per heavy atom. The average molecular weight is 341 g/mol. The molecule has 3 rings (SSSR count). The zero-order valence-corrected chi connectivity index (χ0v) is 12.6. The Hall–Kier alpha value is -2.21. The van der Waals surface area contributed by atoms with Crippen LogP contribution in [0.4, 0.5) is 13.2 Å². The molecule has 2 aromatic rings. The van der Waals surface area contributed by atoms with E-state index in [-0.39, 0.29) is 16.7 Å². The van der Waals surface area contributed by atoms with E-state index in [0.717, 1.165) is 23.8 Å². The highest BCUT2D eigenvalue weighted by atomic mass is 35.5. The van der Waals surface area contributed by atoms with Crippen LogP contribution in [0.15, 0.2) is 36.4 Å². The second-order valence-corrected chi connectivity index (χ2v) is 5.45. The summed E-state index contributed by atoms with van der Waals surface area (Å²) >= 11 is 5.85. The summed E-state index contributed by atoms with van der Waals surface area (Å²) in [6.45, 7) is 1.69. The van der Waals surface area contributed by atoms with Crippen molar-refractivity contribution in [3.8, 4) is 11.5 Å². The Balaban J connectivity index is 1.88. The van der Waals surface area contributed by atoms with Crippen LogP contribution in [-0.2, 0) is 6.18 Å².